The van der Waals surface area contributed by atoms with Crippen LogP contribution in [0.1, 0.15) is 55.5 Å². The molecule has 27 heavy (non-hydrogen) atoms. The van der Waals surface area contributed by atoms with Crippen LogP contribution in [-0.4, -0.2) is 16.9 Å². The summed E-state index contributed by atoms with van der Waals surface area (Å²) < 4.78 is 0. The summed E-state index contributed by atoms with van der Waals surface area (Å²) in [6.45, 7) is 6.34. The number of para-hydroxylation sites is 1. The monoisotopic (exact) mass is 360 g/mol. The summed E-state index contributed by atoms with van der Waals surface area (Å²) in [4.78, 5) is 17.8. The molecule has 1 unspecified atom stereocenters. The number of rotatable bonds is 7. The van der Waals surface area contributed by atoms with Gasteiger partial charge in [0.15, 0.2) is 0 Å². The summed E-state index contributed by atoms with van der Waals surface area (Å²) in [6.07, 6.45) is 4.54. The van der Waals surface area contributed by atoms with Crippen LogP contribution in [-0.2, 0) is 0 Å². The van der Waals surface area contributed by atoms with E-state index in [9.17, 15) is 4.79 Å². The fourth-order valence-corrected chi connectivity index (χ4v) is 3.31. The van der Waals surface area contributed by atoms with Gasteiger partial charge in [-0.2, -0.15) is 0 Å². The van der Waals surface area contributed by atoms with Crippen LogP contribution >= 0.6 is 0 Å². The molecule has 3 rings (SSSR count). The van der Waals surface area contributed by atoms with Gasteiger partial charge in [0.2, 0.25) is 0 Å². The van der Waals surface area contributed by atoms with Gasteiger partial charge < -0.3 is 5.32 Å². The first kappa shape index (κ1) is 19.1. The number of nitrogens with zero attached hydrogens (tertiary/aromatic N) is 1. The largest absolute Gasteiger partial charge is 0.350 e. The summed E-state index contributed by atoms with van der Waals surface area (Å²) in [6, 6.07) is 18.2. The van der Waals surface area contributed by atoms with Gasteiger partial charge in [0.1, 0.15) is 0 Å². The van der Waals surface area contributed by atoms with Gasteiger partial charge in [0, 0.05) is 17.0 Å². The SMILES string of the molecule is CCCCCC(C)NC(=O)c1cc(-c2ccc(C)cc2)nc2ccccc12. The molecule has 0 radical (unpaired) electrons. The van der Waals surface area contributed by atoms with Crippen LogP contribution < -0.4 is 5.32 Å². The molecule has 0 saturated carbocycles. The second-order valence-corrected chi connectivity index (χ2v) is 7.31. The Labute approximate surface area is 161 Å². The van der Waals surface area contributed by atoms with Crippen LogP contribution in [0.2, 0.25) is 0 Å². The molecule has 1 amide bonds. The van der Waals surface area contributed by atoms with Gasteiger partial charge in [-0.05, 0) is 32.4 Å². The average Bonchev–Trinajstić information content (AvgIpc) is 2.68. The Morgan fingerprint density at radius 2 is 1.81 bits per heavy atom. The first-order valence-corrected chi connectivity index (χ1v) is 9.86. The fraction of sp³-hybridized carbons (Fsp3) is 0.333. The van der Waals surface area contributed by atoms with Crippen LogP contribution in [0.5, 0.6) is 0 Å². The highest BCUT2D eigenvalue weighted by atomic mass is 16.1. The van der Waals surface area contributed by atoms with Gasteiger partial charge in [0.05, 0.1) is 16.8 Å². The number of fused-ring (bicyclic) bond motifs is 1. The molecule has 2 aromatic carbocycles. The van der Waals surface area contributed by atoms with E-state index in [1.54, 1.807) is 0 Å². The minimum absolute atomic E-state index is 0.0223. The third-order valence-electron chi connectivity index (χ3n) is 4.93. The van der Waals surface area contributed by atoms with Crippen molar-refractivity contribution in [1.29, 1.82) is 0 Å². The summed E-state index contributed by atoms with van der Waals surface area (Å²) >= 11 is 0. The highest BCUT2D eigenvalue weighted by Crippen LogP contribution is 2.25. The van der Waals surface area contributed by atoms with Crippen molar-refractivity contribution in [2.45, 2.75) is 52.5 Å². The number of benzene rings is 2. The lowest BCUT2D eigenvalue weighted by atomic mass is 10.0. The summed E-state index contributed by atoms with van der Waals surface area (Å²) in [5.41, 5.74) is 4.60. The Kier molecular flexibility index (Phi) is 6.23. The van der Waals surface area contributed by atoms with Gasteiger partial charge in [-0.25, -0.2) is 4.98 Å². The Bertz CT molecular complexity index is 915. The average molecular weight is 361 g/mol. The molecule has 3 nitrogen and oxygen atoms in total. The molecular formula is C24H28N2O. The molecule has 3 aromatic rings. The van der Waals surface area contributed by atoms with Crippen molar-refractivity contribution < 1.29 is 4.79 Å². The minimum Gasteiger partial charge on any atom is -0.350 e. The van der Waals surface area contributed by atoms with Crippen molar-refractivity contribution in [2.24, 2.45) is 0 Å². The standard InChI is InChI=1S/C24H28N2O/c1-4-5-6-9-18(3)25-24(27)21-16-23(19-14-12-17(2)13-15-19)26-22-11-8-7-10-20(21)22/h7-8,10-16,18H,4-6,9H2,1-3H3,(H,25,27). The third-order valence-corrected chi connectivity index (χ3v) is 4.93. The Hall–Kier alpha value is -2.68. The maximum Gasteiger partial charge on any atom is 0.252 e. The molecule has 0 aliphatic heterocycles. The molecule has 1 aromatic heterocycles. The number of hydrogen-bond donors (Lipinski definition) is 1. The number of hydrogen-bond acceptors (Lipinski definition) is 2. The Morgan fingerprint density at radius 3 is 2.56 bits per heavy atom. The molecule has 1 heterocycles. The van der Waals surface area contributed by atoms with E-state index in [0.717, 1.165) is 35.0 Å². The molecule has 1 N–H and O–H groups in total. The van der Waals surface area contributed by atoms with E-state index in [2.05, 4.69) is 50.4 Å². The number of carbonyl (C=O) groups is 1. The molecule has 3 heteroatoms. The maximum atomic E-state index is 13.0. The van der Waals surface area contributed by atoms with E-state index < -0.39 is 0 Å². The van der Waals surface area contributed by atoms with E-state index in [1.165, 1.54) is 18.4 Å². The highest BCUT2D eigenvalue weighted by molar-refractivity contribution is 6.07. The van der Waals surface area contributed by atoms with Gasteiger partial charge in [-0.3, -0.25) is 4.79 Å². The zero-order valence-electron chi connectivity index (χ0n) is 16.5. The van der Waals surface area contributed by atoms with E-state index >= 15 is 0 Å². The second-order valence-electron chi connectivity index (χ2n) is 7.31. The van der Waals surface area contributed by atoms with Gasteiger partial charge in [-0.1, -0.05) is 74.2 Å². The number of nitrogens with one attached hydrogen (secondary N) is 1. The van der Waals surface area contributed by atoms with Crippen molar-refractivity contribution >= 4 is 16.8 Å². The lowest BCUT2D eigenvalue weighted by Gasteiger charge is -2.15. The molecule has 0 fully saturated rings. The van der Waals surface area contributed by atoms with Gasteiger partial charge in [-0.15, -0.1) is 0 Å². The maximum absolute atomic E-state index is 13.0. The molecule has 1 atom stereocenters. The van der Waals surface area contributed by atoms with Crippen LogP contribution in [0.15, 0.2) is 54.6 Å². The molecule has 0 aliphatic rings. The van der Waals surface area contributed by atoms with Crippen LogP contribution in [0, 0.1) is 6.92 Å². The quantitative estimate of drug-likeness (QED) is 0.532. The number of aryl methyl sites for hydroxylation is 1. The van der Waals surface area contributed by atoms with E-state index in [4.69, 9.17) is 4.98 Å². The van der Waals surface area contributed by atoms with Crippen molar-refractivity contribution in [3.63, 3.8) is 0 Å². The van der Waals surface area contributed by atoms with Crippen molar-refractivity contribution in [3.05, 3.63) is 65.7 Å². The zero-order valence-corrected chi connectivity index (χ0v) is 16.5. The minimum atomic E-state index is -0.0223. The van der Waals surface area contributed by atoms with Crippen molar-refractivity contribution in [1.82, 2.24) is 10.3 Å². The van der Waals surface area contributed by atoms with Crippen LogP contribution in [0.25, 0.3) is 22.2 Å². The third kappa shape index (κ3) is 4.73. The van der Waals surface area contributed by atoms with Gasteiger partial charge in [0.25, 0.3) is 5.91 Å². The Morgan fingerprint density at radius 1 is 1.07 bits per heavy atom. The zero-order chi connectivity index (χ0) is 19.2. The van der Waals surface area contributed by atoms with Crippen molar-refractivity contribution in [3.8, 4) is 11.3 Å². The molecule has 140 valence electrons. The van der Waals surface area contributed by atoms with Crippen LogP contribution in [0.3, 0.4) is 0 Å². The predicted molar refractivity (Wildman–Crippen MR) is 113 cm³/mol. The van der Waals surface area contributed by atoms with E-state index in [-0.39, 0.29) is 11.9 Å². The van der Waals surface area contributed by atoms with Gasteiger partial charge >= 0.3 is 0 Å². The number of aromatic nitrogens is 1. The Balaban J connectivity index is 1.93. The van der Waals surface area contributed by atoms with E-state index in [1.807, 2.05) is 30.3 Å². The number of pyridine rings is 1. The lowest BCUT2D eigenvalue weighted by Crippen LogP contribution is -2.32. The summed E-state index contributed by atoms with van der Waals surface area (Å²) in [5.74, 6) is -0.0223. The lowest BCUT2D eigenvalue weighted by molar-refractivity contribution is 0.0939. The van der Waals surface area contributed by atoms with Crippen molar-refractivity contribution in [2.75, 3.05) is 0 Å². The number of carbonyl (C=O) groups excluding carboxylic acids is 1. The highest BCUT2D eigenvalue weighted by Gasteiger charge is 2.15. The van der Waals surface area contributed by atoms with Crippen LogP contribution in [0.4, 0.5) is 0 Å². The summed E-state index contributed by atoms with van der Waals surface area (Å²) in [7, 11) is 0. The number of amides is 1. The molecular weight excluding hydrogens is 332 g/mol. The number of unbranched alkanes of at least 4 members (excludes halogenated alkanes) is 2. The molecule has 0 aliphatic carbocycles. The second kappa shape index (κ2) is 8.81. The molecule has 0 bridgehead atoms. The first-order chi connectivity index (χ1) is 13.1. The normalized spacial score (nSPS) is 12.1. The molecule has 0 saturated heterocycles. The van der Waals surface area contributed by atoms with E-state index in [0.29, 0.717) is 5.56 Å². The molecule has 0 spiro atoms. The smallest absolute Gasteiger partial charge is 0.252 e. The fourth-order valence-electron chi connectivity index (χ4n) is 3.31. The predicted octanol–water partition coefficient (Wildman–Crippen LogP) is 5.91. The topological polar surface area (TPSA) is 42.0 Å². The summed E-state index contributed by atoms with van der Waals surface area (Å²) in [5, 5.41) is 4.06. The first-order valence-electron chi connectivity index (χ1n) is 9.86.